The Morgan fingerprint density at radius 2 is 1.86 bits per heavy atom. The molecule has 0 aromatic heterocycles. The van der Waals surface area contributed by atoms with Gasteiger partial charge >= 0.3 is 0 Å². The minimum atomic E-state index is 0.172. The molecule has 0 bridgehead atoms. The Morgan fingerprint density at radius 3 is 2.62 bits per heavy atom. The highest BCUT2D eigenvalue weighted by Crippen LogP contribution is 2.49. The summed E-state index contributed by atoms with van der Waals surface area (Å²) in [7, 11) is 0. The number of likely N-dealkylation sites (tertiary alicyclic amines) is 1. The summed E-state index contributed by atoms with van der Waals surface area (Å²) in [6.45, 7) is 9.66. The van der Waals surface area contributed by atoms with Crippen molar-refractivity contribution in [1.29, 1.82) is 0 Å². The van der Waals surface area contributed by atoms with Crippen LogP contribution in [0.25, 0.3) is 0 Å². The van der Waals surface area contributed by atoms with E-state index in [4.69, 9.17) is 0 Å². The normalized spacial score (nSPS) is 31.1. The second kappa shape index (κ2) is 4.66. The molecule has 3 aliphatic heterocycles. The average Bonchev–Trinajstić information content (AvgIpc) is 3.07. The van der Waals surface area contributed by atoms with E-state index < -0.39 is 0 Å². The van der Waals surface area contributed by atoms with Crippen LogP contribution in [-0.4, -0.2) is 28.9 Å². The summed E-state index contributed by atoms with van der Waals surface area (Å²) < 4.78 is 0. The molecule has 2 nitrogen and oxygen atoms in total. The van der Waals surface area contributed by atoms with E-state index in [0.717, 1.165) is 0 Å². The second-order valence-electron chi connectivity index (χ2n) is 7.75. The van der Waals surface area contributed by atoms with Gasteiger partial charge in [0.15, 0.2) is 0 Å². The first-order valence-corrected chi connectivity index (χ1v) is 8.77. The maximum Gasteiger partial charge on any atom is 0.0645 e. The molecule has 3 heterocycles. The van der Waals surface area contributed by atoms with Crippen LogP contribution in [0.5, 0.6) is 0 Å². The van der Waals surface area contributed by atoms with Crippen molar-refractivity contribution in [1.82, 2.24) is 9.80 Å². The third-order valence-corrected chi connectivity index (χ3v) is 5.92. The zero-order valence-corrected chi connectivity index (χ0v) is 13.8. The van der Waals surface area contributed by atoms with Crippen molar-refractivity contribution in [3.63, 3.8) is 0 Å². The van der Waals surface area contributed by atoms with Gasteiger partial charge in [0.2, 0.25) is 0 Å². The Morgan fingerprint density at radius 1 is 1.10 bits per heavy atom. The highest BCUT2D eigenvalue weighted by molar-refractivity contribution is 5.50. The largest absolute Gasteiger partial charge is 0.372 e. The zero-order valence-electron chi connectivity index (χ0n) is 13.8. The van der Waals surface area contributed by atoms with Gasteiger partial charge in [-0.1, -0.05) is 26.3 Å². The van der Waals surface area contributed by atoms with Crippen molar-refractivity contribution in [2.45, 2.75) is 65.3 Å². The molecule has 2 heteroatoms. The summed E-state index contributed by atoms with van der Waals surface area (Å²) in [5.41, 5.74) is 6.66. The molecule has 1 atom stereocenters. The predicted octanol–water partition coefficient (Wildman–Crippen LogP) is 4.42. The maximum atomic E-state index is 2.67. The van der Waals surface area contributed by atoms with E-state index in [0.29, 0.717) is 6.04 Å². The molecule has 1 aliphatic carbocycles. The molecular formula is C19H28N2. The van der Waals surface area contributed by atoms with Gasteiger partial charge in [0.25, 0.3) is 0 Å². The number of rotatable bonds is 1. The van der Waals surface area contributed by atoms with Gasteiger partial charge < -0.3 is 9.80 Å². The smallest absolute Gasteiger partial charge is 0.0645 e. The van der Waals surface area contributed by atoms with Crippen molar-refractivity contribution < 1.29 is 0 Å². The van der Waals surface area contributed by atoms with Gasteiger partial charge in [-0.15, -0.1) is 0 Å². The van der Waals surface area contributed by atoms with Crippen LogP contribution in [0.4, 0.5) is 0 Å². The summed E-state index contributed by atoms with van der Waals surface area (Å²) in [5.74, 6) is 0. The van der Waals surface area contributed by atoms with E-state index in [1.807, 2.05) is 0 Å². The van der Waals surface area contributed by atoms with Crippen LogP contribution >= 0.6 is 0 Å². The van der Waals surface area contributed by atoms with Crippen molar-refractivity contribution in [2.24, 2.45) is 5.41 Å². The first kappa shape index (κ1) is 13.5. The lowest BCUT2D eigenvalue weighted by atomic mass is 9.84. The predicted molar refractivity (Wildman–Crippen MR) is 87.5 cm³/mol. The lowest BCUT2D eigenvalue weighted by Crippen LogP contribution is -2.38. The molecule has 114 valence electrons. The molecule has 0 N–H and O–H groups in total. The van der Waals surface area contributed by atoms with Gasteiger partial charge in [0, 0.05) is 30.4 Å². The minimum Gasteiger partial charge on any atom is -0.372 e. The summed E-state index contributed by atoms with van der Waals surface area (Å²) in [6.07, 6.45) is 13.0. The van der Waals surface area contributed by atoms with Crippen LogP contribution < -0.4 is 0 Å². The molecule has 0 radical (unpaired) electrons. The fraction of sp³-hybridized carbons (Fsp3) is 0.684. The minimum absolute atomic E-state index is 0.172. The van der Waals surface area contributed by atoms with E-state index in [-0.39, 0.29) is 5.41 Å². The van der Waals surface area contributed by atoms with Crippen LogP contribution in [0, 0.1) is 5.41 Å². The Kier molecular flexibility index (Phi) is 2.99. The van der Waals surface area contributed by atoms with Gasteiger partial charge in [0.1, 0.15) is 0 Å². The Bertz CT molecular complexity index is 544. The molecule has 1 saturated carbocycles. The molecule has 2 fully saturated rings. The van der Waals surface area contributed by atoms with Crippen molar-refractivity contribution >= 4 is 0 Å². The highest BCUT2D eigenvalue weighted by Gasteiger charge is 2.42. The summed E-state index contributed by atoms with van der Waals surface area (Å²) in [4.78, 5) is 5.29. The fourth-order valence-electron chi connectivity index (χ4n) is 4.87. The maximum absolute atomic E-state index is 2.67. The zero-order chi connectivity index (χ0) is 14.6. The van der Waals surface area contributed by atoms with E-state index in [2.05, 4.69) is 42.8 Å². The Labute approximate surface area is 129 Å². The monoisotopic (exact) mass is 284 g/mol. The summed E-state index contributed by atoms with van der Waals surface area (Å²) in [6, 6.07) is 0.665. The van der Waals surface area contributed by atoms with E-state index in [9.17, 15) is 0 Å². The van der Waals surface area contributed by atoms with Gasteiger partial charge in [-0.3, -0.25) is 0 Å². The number of hydrogen-bond donors (Lipinski definition) is 0. The standard InChI is InChI=1S/C19H28N2/c1-14-15-8-4-5-9-16(15)21-13-10-19(2,3)18(17(14)21)20-11-6-7-12-20/h10,13,16H,4-9,11-12H2,1-3H3. The summed E-state index contributed by atoms with van der Waals surface area (Å²) in [5, 5.41) is 0. The van der Waals surface area contributed by atoms with Crippen LogP contribution in [0.2, 0.25) is 0 Å². The van der Waals surface area contributed by atoms with Crippen molar-refractivity contribution in [3.8, 4) is 0 Å². The van der Waals surface area contributed by atoms with Crippen molar-refractivity contribution in [2.75, 3.05) is 13.1 Å². The second-order valence-corrected chi connectivity index (χ2v) is 7.75. The Balaban J connectivity index is 1.86. The number of allylic oxidation sites excluding steroid dienone is 2. The molecule has 21 heavy (non-hydrogen) atoms. The lowest BCUT2D eigenvalue weighted by Gasteiger charge is -2.42. The molecule has 0 aromatic rings. The van der Waals surface area contributed by atoms with Crippen LogP contribution in [0.3, 0.4) is 0 Å². The topological polar surface area (TPSA) is 6.48 Å². The number of nitrogens with zero attached hydrogens (tertiary/aromatic N) is 2. The fourth-order valence-corrected chi connectivity index (χ4v) is 4.87. The quantitative estimate of drug-likeness (QED) is 0.703. The molecule has 4 rings (SSSR count). The van der Waals surface area contributed by atoms with Gasteiger partial charge in [0.05, 0.1) is 11.7 Å². The van der Waals surface area contributed by atoms with Gasteiger partial charge in [-0.05, 0) is 50.2 Å². The molecule has 0 amide bonds. The first-order valence-electron chi connectivity index (χ1n) is 8.77. The average molecular weight is 284 g/mol. The molecule has 0 spiro atoms. The molecule has 0 aromatic carbocycles. The van der Waals surface area contributed by atoms with Crippen LogP contribution in [-0.2, 0) is 0 Å². The molecule has 1 unspecified atom stereocenters. The number of hydrogen-bond acceptors (Lipinski definition) is 2. The molecule has 4 aliphatic rings. The third-order valence-electron chi connectivity index (χ3n) is 5.92. The highest BCUT2D eigenvalue weighted by atomic mass is 15.2. The van der Waals surface area contributed by atoms with Crippen molar-refractivity contribution in [3.05, 3.63) is 34.8 Å². The van der Waals surface area contributed by atoms with E-state index >= 15 is 0 Å². The van der Waals surface area contributed by atoms with Crippen LogP contribution in [0.15, 0.2) is 34.8 Å². The van der Waals surface area contributed by atoms with E-state index in [1.165, 1.54) is 51.6 Å². The van der Waals surface area contributed by atoms with Gasteiger partial charge in [-0.2, -0.15) is 0 Å². The number of fused-ring (bicyclic) bond motifs is 3. The SMILES string of the molecule is CC1=C2CCCCC2N2C=CC(C)(C)C(N3CCCC3)=C12. The van der Waals surface area contributed by atoms with Gasteiger partial charge in [-0.25, -0.2) is 0 Å². The third kappa shape index (κ3) is 1.91. The lowest BCUT2D eigenvalue weighted by molar-refractivity contribution is 0.274. The Hall–Kier alpha value is -1.18. The van der Waals surface area contributed by atoms with Crippen LogP contribution in [0.1, 0.15) is 59.3 Å². The molecular weight excluding hydrogens is 256 g/mol. The van der Waals surface area contributed by atoms with E-state index in [1.54, 1.807) is 22.5 Å². The molecule has 1 saturated heterocycles. The first-order chi connectivity index (χ1) is 10.1. The summed E-state index contributed by atoms with van der Waals surface area (Å²) >= 11 is 0.